The Morgan fingerprint density at radius 2 is 2.14 bits per heavy atom. The minimum Gasteiger partial charge on any atom is -0.352 e. The van der Waals surface area contributed by atoms with Gasteiger partial charge >= 0.3 is 7.82 Å². The number of carbonyl (C=O) groups is 1. The van der Waals surface area contributed by atoms with E-state index in [9.17, 15) is 9.36 Å². The van der Waals surface area contributed by atoms with Gasteiger partial charge in [-0.2, -0.15) is 0 Å². The smallest absolute Gasteiger partial charge is 0.352 e. The van der Waals surface area contributed by atoms with E-state index in [1.165, 1.54) is 0 Å². The molecule has 1 amide bonds. The zero-order valence-corrected chi connectivity index (χ0v) is 8.79. The molecule has 0 aliphatic rings. The summed E-state index contributed by atoms with van der Waals surface area (Å²) < 4.78 is 14.4. The lowest BCUT2D eigenvalue weighted by Gasteiger charge is -2.06. The van der Waals surface area contributed by atoms with Crippen LogP contribution in [0.3, 0.4) is 0 Å². The van der Waals surface area contributed by atoms with Crippen molar-refractivity contribution < 1.29 is 23.7 Å². The first-order valence-corrected chi connectivity index (χ1v) is 5.50. The maximum absolute atomic E-state index is 10.9. The minimum atomic E-state index is -4.38. The van der Waals surface area contributed by atoms with Crippen LogP contribution in [-0.2, 0) is 13.9 Å². The molecule has 0 bridgehead atoms. The molecule has 0 unspecified atom stereocenters. The molecule has 0 saturated heterocycles. The van der Waals surface area contributed by atoms with Crippen LogP contribution in [0.1, 0.15) is 13.3 Å². The van der Waals surface area contributed by atoms with Gasteiger partial charge in [0.05, 0.1) is 6.61 Å². The summed E-state index contributed by atoms with van der Waals surface area (Å²) in [7, 11) is -4.38. The van der Waals surface area contributed by atoms with Crippen LogP contribution in [0.25, 0.3) is 0 Å². The van der Waals surface area contributed by atoms with Crippen LogP contribution >= 0.6 is 7.82 Å². The molecule has 0 rings (SSSR count). The van der Waals surface area contributed by atoms with Crippen molar-refractivity contribution in [2.24, 2.45) is 0 Å². The Bertz CT molecular complexity index is 259. The summed E-state index contributed by atoms with van der Waals surface area (Å²) in [4.78, 5) is 27.5. The molecule has 6 nitrogen and oxygen atoms in total. The number of phosphoric ester groups is 1. The predicted octanol–water partition coefficient (Wildman–Crippen LogP) is 0.178. The Morgan fingerprint density at radius 3 is 2.57 bits per heavy atom. The fourth-order valence-corrected chi connectivity index (χ4v) is 0.975. The zero-order chi connectivity index (χ0) is 11.2. The second-order valence-electron chi connectivity index (χ2n) is 2.71. The average molecular weight is 223 g/mol. The molecular formula is C7H14NO5P. The molecule has 0 spiro atoms. The Hall–Kier alpha value is -0.680. The summed E-state index contributed by atoms with van der Waals surface area (Å²) in [5.74, 6) is -0.277. The topological polar surface area (TPSA) is 95.9 Å². The van der Waals surface area contributed by atoms with E-state index in [1.807, 2.05) is 0 Å². The van der Waals surface area contributed by atoms with E-state index in [1.54, 1.807) is 6.92 Å². The number of hydrogen-bond donors (Lipinski definition) is 3. The molecule has 0 radical (unpaired) electrons. The van der Waals surface area contributed by atoms with Gasteiger partial charge in [-0.05, 0) is 13.3 Å². The van der Waals surface area contributed by atoms with Crippen molar-refractivity contribution in [1.29, 1.82) is 0 Å². The summed E-state index contributed by atoms with van der Waals surface area (Å²) >= 11 is 0. The lowest BCUT2D eigenvalue weighted by Crippen LogP contribution is -2.25. The molecular weight excluding hydrogens is 209 g/mol. The third-order valence-electron chi connectivity index (χ3n) is 1.25. The Balaban J connectivity index is 3.44. The fraction of sp³-hybridized carbons (Fsp3) is 0.571. The van der Waals surface area contributed by atoms with Crippen molar-refractivity contribution in [1.82, 2.24) is 5.32 Å². The third kappa shape index (κ3) is 7.94. The van der Waals surface area contributed by atoms with Crippen molar-refractivity contribution in [2.45, 2.75) is 13.3 Å². The first-order chi connectivity index (χ1) is 6.33. The van der Waals surface area contributed by atoms with E-state index in [4.69, 9.17) is 9.79 Å². The summed E-state index contributed by atoms with van der Waals surface area (Å²) in [6, 6.07) is 0. The largest absolute Gasteiger partial charge is 0.469 e. The van der Waals surface area contributed by atoms with Gasteiger partial charge in [0.15, 0.2) is 0 Å². The highest BCUT2D eigenvalue weighted by atomic mass is 31.2. The number of carbonyl (C=O) groups excluding carboxylic acids is 1. The second-order valence-corrected chi connectivity index (χ2v) is 3.95. The monoisotopic (exact) mass is 223 g/mol. The maximum atomic E-state index is 10.9. The second kappa shape index (κ2) is 5.93. The Morgan fingerprint density at radius 1 is 1.57 bits per heavy atom. The molecule has 7 heteroatoms. The van der Waals surface area contributed by atoms with Crippen LogP contribution in [0.2, 0.25) is 0 Å². The van der Waals surface area contributed by atoms with E-state index in [2.05, 4.69) is 16.4 Å². The molecule has 0 aliphatic heterocycles. The summed E-state index contributed by atoms with van der Waals surface area (Å²) in [5.41, 5.74) is 0.390. The van der Waals surface area contributed by atoms with Crippen LogP contribution in [0, 0.1) is 0 Å². The molecule has 0 aromatic rings. The van der Waals surface area contributed by atoms with Gasteiger partial charge in [0.2, 0.25) is 5.91 Å². The highest BCUT2D eigenvalue weighted by Gasteiger charge is 2.12. The van der Waals surface area contributed by atoms with Gasteiger partial charge < -0.3 is 15.1 Å². The van der Waals surface area contributed by atoms with Crippen LogP contribution in [-0.4, -0.2) is 28.8 Å². The van der Waals surface area contributed by atoms with Crippen molar-refractivity contribution in [3.05, 3.63) is 12.2 Å². The molecule has 82 valence electrons. The summed E-state index contributed by atoms with van der Waals surface area (Å²) in [6.45, 7) is 5.20. The predicted molar refractivity (Wildman–Crippen MR) is 50.4 cm³/mol. The molecule has 0 heterocycles. The number of hydrogen-bond acceptors (Lipinski definition) is 3. The molecule has 0 atom stereocenters. The zero-order valence-electron chi connectivity index (χ0n) is 7.89. The van der Waals surface area contributed by atoms with E-state index in [-0.39, 0.29) is 12.5 Å². The first-order valence-electron chi connectivity index (χ1n) is 3.97. The highest BCUT2D eigenvalue weighted by Crippen LogP contribution is 2.35. The van der Waals surface area contributed by atoms with Crippen molar-refractivity contribution in [2.75, 3.05) is 13.2 Å². The summed E-state index contributed by atoms with van der Waals surface area (Å²) in [5, 5.41) is 2.50. The van der Waals surface area contributed by atoms with E-state index in [0.29, 0.717) is 18.5 Å². The van der Waals surface area contributed by atoms with Gasteiger partial charge in [-0.15, -0.1) is 0 Å². The summed E-state index contributed by atoms with van der Waals surface area (Å²) in [6.07, 6.45) is 0.337. The molecule has 0 fully saturated rings. The van der Waals surface area contributed by atoms with E-state index >= 15 is 0 Å². The number of amides is 1. The molecule has 3 N–H and O–H groups in total. The highest BCUT2D eigenvalue weighted by molar-refractivity contribution is 7.46. The average Bonchev–Trinajstić information content (AvgIpc) is 2.01. The lowest BCUT2D eigenvalue weighted by molar-refractivity contribution is -0.117. The number of phosphoric acid groups is 1. The molecule has 0 aliphatic carbocycles. The third-order valence-corrected chi connectivity index (χ3v) is 1.77. The molecule has 0 saturated carbocycles. The molecule has 0 aromatic heterocycles. The SMILES string of the molecule is C=C(C)C(=O)NCCCOP(=O)(O)O. The van der Waals surface area contributed by atoms with Crippen molar-refractivity contribution in [3.63, 3.8) is 0 Å². The van der Waals surface area contributed by atoms with Crippen LogP contribution in [0.5, 0.6) is 0 Å². The van der Waals surface area contributed by atoms with Crippen molar-refractivity contribution >= 4 is 13.7 Å². The van der Waals surface area contributed by atoms with Gasteiger partial charge in [0.1, 0.15) is 0 Å². The Kier molecular flexibility index (Phi) is 5.64. The van der Waals surface area contributed by atoms with Gasteiger partial charge in [-0.3, -0.25) is 9.32 Å². The lowest BCUT2D eigenvalue weighted by atomic mass is 10.3. The molecule has 0 aromatic carbocycles. The molecule has 14 heavy (non-hydrogen) atoms. The first kappa shape index (κ1) is 13.3. The van der Waals surface area contributed by atoms with Gasteiger partial charge in [0.25, 0.3) is 0 Å². The number of rotatable bonds is 6. The van der Waals surface area contributed by atoms with Gasteiger partial charge in [0, 0.05) is 12.1 Å². The van der Waals surface area contributed by atoms with Crippen molar-refractivity contribution in [3.8, 4) is 0 Å². The van der Waals surface area contributed by atoms with Crippen LogP contribution in [0.15, 0.2) is 12.2 Å². The quantitative estimate of drug-likeness (QED) is 0.339. The number of nitrogens with one attached hydrogen (secondary N) is 1. The Labute approximate surface area is 82.2 Å². The van der Waals surface area contributed by atoms with Crippen LogP contribution in [0.4, 0.5) is 0 Å². The maximum Gasteiger partial charge on any atom is 0.469 e. The van der Waals surface area contributed by atoms with Gasteiger partial charge in [-0.25, -0.2) is 4.57 Å². The van der Waals surface area contributed by atoms with E-state index in [0.717, 1.165) is 0 Å². The van der Waals surface area contributed by atoms with Crippen LogP contribution < -0.4 is 5.32 Å². The van der Waals surface area contributed by atoms with E-state index < -0.39 is 7.82 Å². The fourth-order valence-electron chi connectivity index (χ4n) is 0.608. The van der Waals surface area contributed by atoms with Gasteiger partial charge in [-0.1, -0.05) is 6.58 Å². The standard InChI is InChI=1S/C7H14NO5P/c1-6(2)7(9)8-4-3-5-13-14(10,11)12/h1,3-5H2,2H3,(H,8,9)(H2,10,11,12). The minimum absolute atomic E-state index is 0.0965. The normalized spacial score (nSPS) is 11.1.